The lowest BCUT2D eigenvalue weighted by Gasteiger charge is -2.50. The summed E-state index contributed by atoms with van der Waals surface area (Å²) in [6, 6.07) is 1.19. The second-order valence-electron chi connectivity index (χ2n) is 11.7. The maximum Gasteiger partial charge on any atom is 0.410 e. The Morgan fingerprint density at radius 2 is 1.90 bits per heavy atom. The van der Waals surface area contributed by atoms with Gasteiger partial charge in [0.05, 0.1) is 5.69 Å². The fourth-order valence-electron chi connectivity index (χ4n) is 5.35. The van der Waals surface area contributed by atoms with E-state index in [0.717, 1.165) is 18.5 Å². The molecule has 13 nitrogen and oxygen atoms in total. The van der Waals surface area contributed by atoms with Crippen LogP contribution in [0, 0.1) is 11.3 Å². The van der Waals surface area contributed by atoms with Crippen LogP contribution in [-0.2, 0) is 23.8 Å². The number of hydrogen-bond donors (Lipinski definition) is 1. The summed E-state index contributed by atoms with van der Waals surface area (Å²) in [4.78, 5) is 46.3. The van der Waals surface area contributed by atoms with Crippen LogP contribution in [-0.4, -0.2) is 95.2 Å². The lowest BCUT2D eigenvalue weighted by Crippen LogP contribution is -2.64. The molecule has 3 fully saturated rings. The molecule has 4 heterocycles. The molecule has 2 amide bonds. The van der Waals surface area contributed by atoms with Gasteiger partial charge in [0, 0.05) is 62.8 Å². The normalized spacial score (nSPS) is 22.0. The van der Waals surface area contributed by atoms with Gasteiger partial charge in [0.1, 0.15) is 24.1 Å². The molecule has 3 aliphatic heterocycles. The standard InChI is InChI=1S/C27H40N6O7/c1-6-11-38-24(35)31-14-20(27(15-31)16-32(17-27)25(36)39-26(3,4)5)22(28)30-40-23(34)18(2)33-10-7-21(29-33)19-8-12-37-13-9-19/h6-7,10,18-20H,1,8-9,11-17H2,2-5H3,(H2,28,30). The molecule has 0 radical (unpaired) electrons. The molecule has 1 aromatic heterocycles. The Morgan fingerprint density at radius 1 is 1.23 bits per heavy atom. The van der Waals surface area contributed by atoms with E-state index in [0.29, 0.717) is 38.8 Å². The van der Waals surface area contributed by atoms with Gasteiger partial charge in [0.15, 0.2) is 0 Å². The lowest BCUT2D eigenvalue weighted by molar-refractivity contribution is -0.147. The fourth-order valence-corrected chi connectivity index (χ4v) is 5.35. The number of nitrogens with zero attached hydrogens (tertiary/aromatic N) is 5. The van der Waals surface area contributed by atoms with E-state index in [2.05, 4.69) is 16.8 Å². The zero-order chi connectivity index (χ0) is 29.1. The number of nitrogens with two attached hydrogens (primary N) is 1. The minimum atomic E-state index is -0.723. The van der Waals surface area contributed by atoms with Crippen molar-refractivity contribution in [3.8, 4) is 0 Å². The molecule has 1 spiro atoms. The van der Waals surface area contributed by atoms with Crippen molar-refractivity contribution in [2.24, 2.45) is 22.2 Å². The lowest BCUT2D eigenvalue weighted by atomic mass is 9.71. The van der Waals surface area contributed by atoms with Crippen LogP contribution in [0.5, 0.6) is 0 Å². The highest BCUT2D eigenvalue weighted by molar-refractivity contribution is 5.86. The summed E-state index contributed by atoms with van der Waals surface area (Å²) in [6.07, 6.45) is 4.06. The first kappa shape index (κ1) is 29.4. The quantitative estimate of drug-likeness (QED) is 0.174. The summed E-state index contributed by atoms with van der Waals surface area (Å²) in [5, 5.41) is 8.54. The molecule has 0 aliphatic carbocycles. The molecule has 40 heavy (non-hydrogen) atoms. The average molecular weight is 561 g/mol. The van der Waals surface area contributed by atoms with Crippen LogP contribution in [0.4, 0.5) is 9.59 Å². The van der Waals surface area contributed by atoms with Gasteiger partial charge in [-0.1, -0.05) is 17.8 Å². The number of amides is 2. The van der Waals surface area contributed by atoms with E-state index in [-0.39, 0.29) is 19.0 Å². The van der Waals surface area contributed by atoms with Crippen molar-refractivity contribution in [1.29, 1.82) is 0 Å². The van der Waals surface area contributed by atoms with E-state index < -0.39 is 41.1 Å². The summed E-state index contributed by atoms with van der Waals surface area (Å²) in [6.45, 7) is 13.2. The SMILES string of the molecule is C=CCOC(=O)N1CC(/C(N)=N/OC(=O)C(C)n2ccc(C3CCOCC3)n2)C2(C1)CN(C(=O)OC(C)(C)C)C2. The van der Waals surface area contributed by atoms with Gasteiger partial charge in [0.25, 0.3) is 0 Å². The van der Waals surface area contributed by atoms with E-state index in [1.165, 1.54) is 11.0 Å². The molecule has 2 atom stereocenters. The van der Waals surface area contributed by atoms with Gasteiger partial charge in [-0.3, -0.25) is 4.68 Å². The third-order valence-electron chi connectivity index (χ3n) is 7.50. The number of oxime groups is 1. The van der Waals surface area contributed by atoms with E-state index in [1.54, 1.807) is 43.5 Å². The number of carbonyl (C=O) groups is 3. The van der Waals surface area contributed by atoms with Gasteiger partial charge >= 0.3 is 18.2 Å². The Hall–Kier alpha value is -3.61. The largest absolute Gasteiger partial charge is 0.445 e. The van der Waals surface area contributed by atoms with Gasteiger partial charge in [-0.25, -0.2) is 14.4 Å². The predicted octanol–water partition coefficient (Wildman–Crippen LogP) is 2.65. The van der Waals surface area contributed by atoms with Crippen LogP contribution in [0.2, 0.25) is 0 Å². The molecule has 2 N–H and O–H groups in total. The highest BCUT2D eigenvalue weighted by atomic mass is 16.7. The van der Waals surface area contributed by atoms with Crippen LogP contribution in [0.1, 0.15) is 58.2 Å². The number of rotatable bonds is 7. The number of hydrogen-bond acceptors (Lipinski definition) is 9. The smallest absolute Gasteiger partial charge is 0.410 e. The molecule has 220 valence electrons. The van der Waals surface area contributed by atoms with Crippen molar-refractivity contribution < 1.29 is 33.4 Å². The van der Waals surface area contributed by atoms with E-state index >= 15 is 0 Å². The van der Waals surface area contributed by atoms with Crippen molar-refractivity contribution in [2.75, 3.05) is 46.0 Å². The highest BCUT2D eigenvalue weighted by Crippen LogP contribution is 2.45. The highest BCUT2D eigenvalue weighted by Gasteiger charge is 2.58. The first-order valence-corrected chi connectivity index (χ1v) is 13.6. The summed E-state index contributed by atoms with van der Waals surface area (Å²) in [5.41, 5.74) is 6.05. The predicted molar refractivity (Wildman–Crippen MR) is 144 cm³/mol. The maximum absolute atomic E-state index is 12.8. The zero-order valence-electron chi connectivity index (χ0n) is 23.7. The maximum atomic E-state index is 12.8. The zero-order valence-corrected chi connectivity index (χ0v) is 23.7. The fraction of sp³-hybridized carbons (Fsp3) is 0.667. The van der Waals surface area contributed by atoms with Gasteiger partial charge in [0.2, 0.25) is 0 Å². The summed E-state index contributed by atoms with van der Waals surface area (Å²) < 4.78 is 17.7. The number of carbonyl (C=O) groups excluding carboxylic acids is 3. The first-order valence-electron chi connectivity index (χ1n) is 13.6. The molecule has 0 aromatic carbocycles. The third-order valence-corrected chi connectivity index (χ3v) is 7.50. The summed E-state index contributed by atoms with van der Waals surface area (Å²) >= 11 is 0. The molecule has 13 heteroatoms. The Kier molecular flexibility index (Phi) is 8.71. The Bertz CT molecular complexity index is 1130. The molecule has 0 saturated carbocycles. The van der Waals surface area contributed by atoms with Gasteiger partial charge in [-0.05, 0) is 46.6 Å². The van der Waals surface area contributed by atoms with E-state index in [1.807, 2.05) is 6.07 Å². The third kappa shape index (κ3) is 6.57. The minimum Gasteiger partial charge on any atom is -0.445 e. The molecule has 2 unspecified atom stereocenters. The second-order valence-corrected chi connectivity index (χ2v) is 11.7. The van der Waals surface area contributed by atoms with Crippen molar-refractivity contribution >= 4 is 24.0 Å². The molecule has 0 bridgehead atoms. The number of aromatic nitrogens is 2. The molecule has 3 aliphatic rings. The van der Waals surface area contributed by atoms with Crippen molar-refractivity contribution in [3.63, 3.8) is 0 Å². The van der Waals surface area contributed by atoms with Gasteiger partial charge in [-0.15, -0.1) is 0 Å². The van der Waals surface area contributed by atoms with E-state index in [9.17, 15) is 14.4 Å². The van der Waals surface area contributed by atoms with E-state index in [4.69, 9.17) is 24.8 Å². The average Bonchev–Trinajstić information content (AvgIpc) is 3.54. The molecular formula is C27H40N6O7. The molecule has 4 rings (SSSR count). The number of ether oxygens (including phenoxy) is 3. The summed E-state index contributed by atoms with van der Waals surface area (Å²) in [7, 11) is 0. The van der Waals surface area contributed by atoms with Crippen LogP contribution < -0.4 is 5.73 Å². The Balaban J connectivity index is 1.42. The minimum absolute atomic E-state index is 0.0618. The first-order chi connectivity index (χ1) is 18.9. The van der Waals surface area contributed by atoms with Crippen molar-refractivity contribution in [1.82, 2.24) is 19.6 Å². The van der Waals surface area contributed by atoms with Gasteiger partial charge < -0.3 is 34.6 Å². The number of amidine groups is 1. The van der Waals surface area contributed by atoms with Crippen LogP contribution in [0.15, 0.2) is 30.1 Å². The molecule has 3 saturated heterocycles. The number of likely N-dealkylation sites (tertiary alicyclic amines) is 2. The Morgan fingerprint density at radius 3 is 2.55 bits per heavy atom. The van der Waals surface area contributed by atoms with Crippen molar-refractivity contribution in [3.05, 3.63) is 30.6 Å². The second kappa shape index (κ2) is 11.9. The van der Waals surface area contributed by atoms with Crippen LogP contribution >= 0.6 is 0 Å². The van der Waals surface area contributed by atoms with Crippen molar-refractivity contribution in [2.45, 2.75) is 58.1 Å². The summed E-state index contributed by atoms with van der Waals surface area (Å²) in [5.74, 6) is -0.723. The monoisotopic (exact) mass is 560 g/mol. The molecular weight excluding hydrogens is 520 g/mol. The molecule has 1 aromatic rings. The van der Waals surface area contributed by atoms with Crippen LogP contribution in [0.25, 0.3) is 0 Å². The Labute approximate surface area is 234 Å². The van der Waals surface area contributed by atoms with Crippen LogP contribution in [0.3, 0.4) is 0 Å². The van der Waals surface area contributed by atoms with Gasteiger partial charge in [-0.2, -0.15) is 5.10 Å². The topological polar surface area (TPSA) is 151 Å².